The molecule has 0 aliphatic carbocycles. The molecular weight excluding hydrogens is 346 g/mol. The minimum Gasteiger partial charge on any atom is -0.489 e. The van der Waals surface area contributed by atoms with Gasteiger partial charge in [-0.25, -0.2) is 0 Å². The summed E-state index contributed by atoms with van der Waals surface area (Å²) in [6, 6.07) is 22.9. The van der Waals surface area contributed by atoms with Crippen molar-refractivity contribution in [2.75, 3.05) is 11.4 Å². The van der Waals surface area contributed by atoms with E-state index in [0.717, 1.165) is 24.2 Å². The molecule has 0 N–H and O–H groups in total. The van der Waals surface area contributed by atoms with Gasteiger partial charge < -0.3 is 9.64 Å². The molecule has 1 heterocycles. The average molecular weight is 364 g/mol. The fourth-order valence-corrected chi connectivity index (χ4v) is 3.37. The van der Waals surface area contributed by atoms with E-state index in [4.69, 9.17) is 16.3 Å². The summed E-state index contributed by atoms with van der Waals surface area (Å²) in [5, 5.41) is 0.687. The Kier molecular flexibility index (Phi) is 4.63. The van der Waals surface area contributed by atoms with Crippen LogP contribution in [0.4, 0.5) is 5.69 Å². The Morgan fingerprint density at radius 3 is 2.50 bits per heavy atom. The van der Waals surface area contributed by atoms with Crippen LogP contribution < -0.4 is 9.64 Å². The van der Waals surface area contributed by atoms with Crippen molar-refractivity contribution in [2.45, 2.75) is 13.0 Å². The highest BCUT2D eigenvalue weighted by Gasteiger charge is 2.24. The lowest BCUT2D eigenvalue weighted by molar-refractivity contribution is 0.0989. The van der Waals surface area contributed by atoms with Crippen LogP contribution in [0.15, 0.2) is 72.8 Å². The van der Waals surface area contributed by atoms with E-state index in [0.29, 0.717) is 22.9 Å². The van der Waals surface area contributed by atoms with Crippen molar-refractivity contribution in [1.82, 2.24) is 0 Å². The average Bonchev–Trinajstić information content (AvgIpc) is 3.11. The van der Waals surface area contributed by atoms with Gasteiger partial charge in [0.2, 0.25) is 0 Å². The number of rotatable bonds is 4. The van der Waals surface area contributed by atoms with Gasteiger partial charge in [-0.1, -0.05) is 48.0 Å². The number of carbonyl (C=O) groups excluding carboxylic acids is 1. The molecule has 0 unspecified atom stereocenters. The van der Waals surface area contributed by atoms with E-state index >= 15 is 0 Å². The van der Waals surface area contributed by atoms with Gasteiger partial charge >= 0.3 is 0 Å². The number of ether oxygens (including phenoxy) is 1. The van der Waals surface area contributed by atoms with Gasteiger partial charge in [0.05, 0.1) is 0 Å². The number of fused-ring (bicyclic) bond motifs is 1. The van der Waals surface area contributed by atoms with Gasteiger partial charge in [0.25, 0.3) is 5.91 Å². The van der Waals surface area contributed by atoms with Gasteiger partial charge in [-0.05, 0) is 48.4 Å². The van der Waals surface area contributed by atoms with Crippen molar-refractivity contribution in [3.63, 3.8) is 0 Å². The van der Waals surface area contributed by atoms with Gasteiger partial charge in [0.1, 0.15) is 12.4 Å². The van der Waals surface area contributed by atoms with Crippen LogP contribution in [0.2, 0.25) is 5.02 Å². The summed E-state index contributed by atoms with van der Waals surface area (Å²) in [7, 11) is 0. The molecule has 0 fully saturated rings. The summed E-state index contributed by atoms with van der Waals surface area (Å²) in [5.74, 6) is 0.732. The molecule has 0 atom stereocenters. The number of anilines is 1. The second kappa shape index (κ2) is 7.22. The van der Waals surface area contributed by atoms with Crippen molar-refractivity contribution in [2.24, 2.45) is 0 Å². The maximum Gasteiger partial charge on any atom is 0.258 e. The third-order valence-electron chi connectivity index (χ3n) is 4.59. The molecule has 0 bridgehead atoms. The predicted octanol–water partition coefficient (Wildman–Crippen LogP) is 5.12. The molecule has 1 aliphatic rings. The highest BCUT2D eigenvalue weighted by atomic mass is 35.5. The van der Waals surface area contributed by atoms with Gasteiger partial charge in [0, 0.05) is 28.4 Å². The van der Waals surface area contributed by atoms with E-state index in [1.54, 1.807) is 0 Å². The largest absolute Gasteiger partial charge is 0.489 e. The molecule has 0 spiro atoms. The smallest absolute Gasteiger partial charge is 0.258 e. The first-order chi connectivity index (χ1) is 12.7. The second-order valence-electron chi connectivity index (χ2n) is 6.24. The van der Waals surface area contributed by atoms with Gasteiger partial charge in [-0.2, -0.15) is 0 Å². The summed E-state index contributed by atoms with van der Waals surface area (Å²) >= 11 is 6.14. The first kappa shape index (κ1) is 16.7. The molecule has 1 amide bonds. The van der Waals surface area contributed by atoms with Crippen molar-refractivity contribution in [1.29, 1.82) is 0 Å². The van der Waals surface area contributed by atoms with Gasteiger partial charge in [-0.15, -0.1) is 0 Å². The molecule has 1 aliphatic heterocycles. The molecule has 0 aromatic heterocycles. The molecule has 4 rings (SSSR count). The van der Waals surface area contributed by atoms with Crippen LogP contribution in [0.25, 0.3) is 0 Å². The lowest BCUT2D eigenvalue weighted by Crippen LogP contribution is -2.28. The fourth-order valence-electron chi connectivity index (χ4n) is 3.18. The molecule has 26 heavy (non-hydrogen) atoms. The Morgan fingerprint density at radius 2 is 1.69 bits per heavy atom. The number of nitrogens with zero attached hydrogens (tertiary/aromatic N) is 1. The van der Waals surface area contributed by atoms with Crippen LogP contribution in [0.1, 0.15) is 21.5 Å². The normalized spacial score (nSPS) is 12.7. The summed E-state index contributed by atoms with van der Waals surface area (Å²) < 4.78 is 5.78. The number of halogens is 1. The van der Waals surface area contributed by atoms with E-state index < -0.39 is 0 Å². The van der Waals surface area contributed by atoms with E-state index in [1.165, 1.54) is 5.56 Å². The Hall–Kier alpha value is -2.78. The van der Waals surface area contributed by atoms with Crippen molar-refractivity contribution in [3.05, 3.63) is 94.5 Å². The summed E-state index contributed by atoms with van der Waals surface area (Å²) in [6.07, 6.45) is 0.904. The molecule has 0 saturated heterocycles. The van der Waals surface area contributed by atoms with Crippen molar-refractivity contribution in [3.8, 4) is 5.75 Å². The standard InChI is InChI=1S/C22H18ClNO2/c23-20-7-3-1-6-18(20)15-26-19-11-9-17(10-12-19)22(25)24-14-13-16-5-2-4-8-21(16)24/h1-12H,13-15H2. The maximum atomic E-state index is 12.8. The van der Waals surface area contributed by atoms with Crippen molar-refractivity contribution < 1.29 is 9.53 Å². The monoisotopic (exact) mass is 363 g/mol. The molecule has 4 heteroatoms. The van der Waals surface area contributed by atoms with E-state index in [-0.39, 0.29) is 5.91 Å². The Labute approximate surface area is 157 Å². The van der Waals surface area contributed by atoms with Gasteiger partial charge in [0.15, 0.2) is 0 Å². The summed E-state index contributed by atoms with van der Waals surface area (Å²) in [4.78, 5) is 14.7. The van der Waals surface area contributed by atoms with Crippen LogP contribution in [0.5, 0.6) is 5.75 Å². The quantitative estimate of drug-likeness (QED) is 0.643. The topological polar surface area (TPSA) is 29.5 Å². The minimum atomic E-state index is 0.0209. The molecule has 0 saturated carbocycles. The number of para-hydroxylation sites is 1. The number of carbonyl (C=O) groups is 1. The molecular formula is C22H18ClNO2. The van der Waals surface area contributed by atoms with E-state index in [9.17, 15) is 4.79 Å². The first-order valence-corrected chi connectivity index (χ1v) is 8.96. The first-order valence-electron chi connectivity index (χ1n) is 8.58. The van der Waals surface area contributed by atoms with E-state index in [2.05, 4.69) is 6.07 Å². The zero-order chi connectivity index (χ0) is 17.9. The summed E-state index contributed by atoms with van der Waals surface area (Å²) in [5.41, 5.74) is 3.83. The third kappa shape index (κ3) is 3.31. The number of amides is 1. The van der Waals surface area contributed by atoms with Crippen LogP contribution in [0.3, 0.4) is 0 Å². The SMILES string of the molecule is O=C(c1ccc(OCc2ccccc2Cl)cc1)N1CCc2ccccc21. The molecule has 0 radical (unpaired) electrons. The van der Waals surface area contributed by atoms with Crippen LogP contribution in [-0.4, -0.2) is 12.5 Å². The number of benzene rings is 3. The number of hydrogen-bond donors (Lipinski definition) is 0. The lowest BCUT2D eigenvalue weighted by Gasteiger charge is -2.17. The maximum absolute atomic E-state index is 12.8. The Balaban J connectivity index is 1.45. The molecule has 3 aromatic rings. The Morgan fingerprint density at radius 1 is 0.962 bits per heavy atom. The minimum absolute atomic E-state index is 0.0209. The summed E-state index contributed by atoms with van der Waals surface area (Å²) in [6.45, 7) is 1.12. The van der Waals surface area contributed by atoms with Crippen LogP contribution in [-0.2, 0) is 13.0 Å². The highest BCUT2D eigenvalue weighted by molar-refractivity contribution is 6.31. The zero-order valence-corrected chi connectivity index (χ0v) is 14.9. The fraction of sp³-hybridized carbons (Fsp3) is 0.136. The second-order valence-corrected chi connectivity index (χ2v) is 6.65. The van der Waals surface area contributed by atoms with Crippen LogP contribution in [0, 0.1) is 0 Å². The molecule has 130 valence electrons. The van der Waals surface area contributed by atoms with Gasteiger partial charge in [-0.3, -0.25) is 4.79 Å². The zero-order valence-electron chi connectivity index (χ0n) is 14.2. The number of hydrogen-bond acceptors (Lipinski definition) is 2. The highest BCUT2D eigenvalue weighted by Crippen LogP contribution is 2.29. The molecule has 3 aromatic carbocycles. The van der Waals surface area contributed by atoms with E-state index in [1.807, 2.05) is 71.6 Å². The third-order valence-corrected chi connectivity index (χ3v) is 4.95. The van der Waals surface area contributed by atoms with Crippen molar-refractivity contribution >= 4 is 23.2 Å². The van der Waals surface area contributed by atoms with Crippen LogP contribution >= 0.6 is 11.6 Å². The predicted molar refractivity (Wildman–Crippen MR) is 104 cm³/mol. The lowest BCUT2D eigenvalue weighted by atomic mass is 10.1. The Bertz CT molecular complexity index is 937. The molecule has 3 nitrogen and oxygen atoms in total.